The Kier molecular flexibility index (Phi) is 3.29. The number of ether oxygens (including phenoxy) is 1. The van der Waals surface area contributed by atoms with E-state index in [-0.39, 0.29) is 0 Å². The molecule has 1 aromatic rings. The molecule has 12 heavy (non-hydrogen) atoms. The van der Waals surface area contributed by atoms with E-state index >= 15 is 0 Å². The molecular formula is C8H13BrN2O. The van der Waals surface area contributed by atoms with Crippen LogP contribution >= 0.6 is 15.9 Å². The molecule has 68 valence electrons. The molecule has 0 aliphatic heterocycles. The van der Waals surface area contributed by atoms with Crippen LogP contribution in [0.4, 0.5) is 0 Å². The van der Waals surface area contributed by atoms with Gasteiger partial charge in [-0.2, -0.15) is 0 Å². The second kappa shape index (κ2) is 4.05. The van der Waals surface area contributed by atoms with E-state index < -0.39 is 0 Å². The van der Waals surface area contributed by atoms with Crippen LogP contribution in [0.5, 0.6) is 0 Å². The third kappa shape index (κ3) is 2.08. The lowest BCUT2D eigenvalue weighted by atomic mass is 10.4. The van der Waals surface area contributed by atoms with Gasteiger partial charge in [0.2, 0.25) is 0 Å². The molecule has 1 aromatic heterocycles. The minimum absolute atomic E-state index is 0.428. The van der Waals surface area contributed by atoms with Crippen LogP contribution in [0.1, 0.15) is 25.6 Å². The molecule has 0 aliphatic rings. The van der Waals surface area contributed by atoms with Gasteiger partial charge in [0.05, 0.1) is 12.3 Å². The highest BCUT2D eigenvalue weighted by molar-refractivity contribution is 9.10. The highest BCUT2D eigenvalue weighted by Gasteiger charge is 2.06. The molecule has 0 radical (unpaired) electrons. The summed E-state index contributed by atoms with van der Waals surface area (Å²) in [5.74, 6) is 0. The predicted molar refractivity (Wildman–Crippen MR) is 51.0 cm³/mol. The number of nitrogens with zero attached hydrogens (tertiary/aromatic N) is 2. The molecule has 0 fully saturated rings. The molecule has 0 saturated heterocycles. The first-order valence-corrected chi connectivity index (χ1v) is 4.66. The minimum Gasteiger partial charge on any atom is -0.378 e. The van der Waals surface area contributed by atoms with Crippen molar-refractivity contribution in [2.45, 2.75) is 26.5 Å². The molecule has 1 rings (SSSR count). The topological polar surface area (TPSA) is 27.1 Å². The molecule has 4 heteroatoms. The Morgan fingerprint density at radius 2 is 2.33 bits per heavy atom. The Bertz CT molecular complexity index is 258. The van der Waals surface area contributed by atoms with E-state index in [1.807, 2.05) is 6.20 Å². The quantitative estimate of drug-likeness (QED) is 0.801. The van der Waals surface area contributed by atoms with Gasteiger partial charge >= 0.3 is 0 Å². The average molecular weight is 233 g/mol. The number of imidazole rings is 1. The van der Waals surface area contributed by atoms with Crippen molar-refractivity contribution in [3.63, 3.8) is 0 Å². The average Bonchev–Trinajstić information content (AvgIpc) is 2.32. The highest BCUT2D eigenvalue weighted by atomic mass is 79.9. The maximum Gasteiger partial charge on any atom is 0.177 e. The van der Waals surface area contributed by atoms with Gasteiger partial charge in [-0.3, -0.25) is 0 Å². The summed E-state index contributed by atoms with van der Waals surface area (Å²) in [6.45, 7) is 4.80. The molecule has 0 unspecified atom stereocenters. The first kappa shape index (κ1) is 9.74. The Labute approximate surface area is 80.9 Å². The third-order valence-corrected chi connectivity index (χ3v) is 2.17. The number of hydrogen-bond acceptors (Lipinski definition) is 2. The standard InChI is InChI=1S/C8H13BrN2O/c1-6(2)11-4-7(5-12-3)10-8(11)9/h4,6H,5H2,1-3H3. The van der Waals surface area contributed by atoms with Crippen molar-refractivity contribution in [2.75, 3.05) is 7.11 Å². The van der Waals surface area contributed by atoms with Crippen molar-refractivity contribution in [2.24, 2.45) is 0 Å². The smallest absolute Gasteiger partial charge is 0.177 e. The van der Waals surface area contributed by atoms with E-state index in [1.54, 1.807) is 7.11 Å². The van der Waals surface area contributed by atoms with Crippen molar-refractivity contribution in [1.29, 1.82) is 0 Å². The van der Waals surface area contributed by atoms with Gasteiger partial charge in [-0.15, -0.1) is 0 Å². The monoisotopic (exact) mass is 232 g/mol. The predicted octanol–water partition coefficient (Wildman–Crippen LogP) is 2.37. The van der Waals surface area contributed by atoms with Crippen LogP contribution in [0.15, 0.2) is 10.9 Å². The van der Waals surface area contributed by atoms with Gasteiger partial charge in [-0.05, 0) is 29.8 Å². The zero-order valence-electron chi connectivity index (χ0n) is 7.54. The van der Waals surface area contributed by atoms with Gasteiger partial charge in [0, 0.05) is 19.3 Å². The van der Waals surface area contributed by atoms with E-state index in [0.29, 0.717) is 12.6 Å². The molecule has 1 heterocycles. The molecule has 3 nitrogen and oxygen atoms in total. The molecule has 0 spiro atoms. The summed E-state index contributed by atoms with van der Waals surface area (Å²) in [6.07, 6.45) is 2.00. The molecule has 0 atom stereocenters. The first-order chi connectivity index (χ1) is 5.65. The summed E-state index contributed by atoms with van der Waals surface area (Å²) in [5.41, 5.74) is 0.957. The highest BCUT2D eigenvalue weighted by Crippen LogP contribution is 2.16. The van der Waals surface area contributed by atoms with E-state index in [2.05, 4.69) is 39.3 Å². The van der Waals surface area contributed by atoms with Crippen LogP contribution in [-0.2, 0) is 11.3 Å². The van der Waals surface area contributed by atoms with E-state index in [0.717, 1.165) is 10.4 Å². The van der Waals surface area contributed by atoms with Crippen LogP contribution in [0.25, 0.3) is 0 Å². The minimum atomic E-state index is 0.428. The van der Waals surface area contributed by atoms with E-state index in [4.69, 9.17) is 4.74 Å². The Balaban J connectivity index is 2.85. The van der Waals surface area contributed by atoms with Crippen LogP contribution in [0.3, 0.4) is 0 Å². The fourth-order valence-corrected chi connectivity index (χ4v) is 1.74. The summed E-state index contributed by atoms with van der Waals surface area (Å²) in [6, 6.07) is 0.428. The van der Waals surface area contributed by atoms with Crippen molar-refractivity contribution >= 4 is 15.9 Å². The van der Waals surface area contributed by atoms with Gasteiger partial charge in [0.25, 0.3) is 0 Å². The van der Waals surface area contributed by atoms with Gasteiger partial charge in [0.15, 0.2) is 4.73 Å². The molecule has 0 aliphatic carbocycles. The summed E-state index contributed by atoms with van der Waals surface area (Å²) >= 11 is 3.38. The van der Waals surface area contributed by atoms with Crippen LogP contribution in [0, 0.1) is 0 Å². The maximum absolute atomic E-state index is 4.98. The lowest BCUT2D eigenvalue weighted by Gasteiger charge is -2.06. The fraction of sp³-hybridized carbons (Fsp3) is 0.625. The van der Waals surface area contributed by atoms with Crippen molar-refractivity contribution < 1.29 is 4.74 Å². The number of methoxy groups -OCH3 is 1. The molecular weight excluding hydrogens is 220 g/mol. The Morgan fingerprint density at radius 3 is 2.75 bits per heavy atom. The lowest BCUT2D eigenvalue weighted by Crippen LogP contribution is -1.98. The van der Waals surface area contributed by atoms with Gasteiger partial charge < -0.3 is 9.30 Å². The van der Waals surface area contributed by atoms with Gasteiger partial charge in [0.1, 0.15) is 0 Å². The third-order valence-electron chi connectivity index (χ3n) is 1.59. The summed E-state index contributed by atoms with van der Waals surface area (Å²) < 4.78 is 7.91. The Morgan fingerprint density at radius 1 is 1.67 bits per heavy atom. The van der Waals surface area contributed by atoms with Gasteiger partial charge in [-0.1, -0.05) is 0 Å². The Hall–Kier alpha value is -0.350. The SMILES string of the molecule is COCc1cn(C(C)C)c(Br)n1. The molecule has 0 aromatic carbocycles. The molecule has 0 amide bonds. The van der Waals surface area contributed by atoms with Crippen LogP contribution < -0.4 is 0 Å². The lowest BCUT2D eigenvalue weighted by molar-refractivity contribution is 0.181. The van der Waals surface area contributed by atoms with Crippen LogP contribution in [-0.4, -0.2) is 16.7 Å². The molecule has 0 N–H and O–H groups in total. The van der Waals surface area contributed by atoms with Crippen molar-refractivity contribution in [3.05, 3.63) is 16.6 Å². The number of rotatable bonds is 3. The summed E-state index contributed by atoms with van der Waals surface area (Å²) in [5, 5.41) is 0. The number of halogens is 1. The van der Waals surface area contributed by atoms with Crippen LogP contribution in [0.2, 0.25) is 0 Å². The number of aromatic nitrogens is 2. The van der Waals surface area contributed by atoms with E-state index in [1.165, 1.54) is 0 Å². The van der Waals surface area contributed by atoms with Gasteiger partial charge in [-0.25, -0.2) is 4.98 Å². The van der Waals surface area contributed by atoms with Crippen molar-refractivity contribution in [1.82, 2.24) is 9.55 Å². The second-order valence-electron chi connectivity index (χ2n) is 2.94. The maximum atomic E-state index is 4.98. The largest absolute Gasteiger partial charge is 0.378 e. The first-order valence-electron chi connectivity index (χ1n) is 3.87. The second-order valence-corrected chi connectivity index (χ2v) is 3.64. The summed E-state index contributed by atoms with van der Waals surface area (Å²) in [7, 11) is 1.67. The molecule has 0 saturated carbocycles. The zero-order valence-corrected chi connectivity index (χ0v) is 9.13. The normalized spacial score (nSPS) is 11.1. The zero-order chi connectivity index (χ0) is 9.14. The molecule has 0 bridgehead atoms. The number of hydrogen-bond donors (Lipinski definition) is 0. The van der Waals surface area contributed by atoms with E-state index in [9.17, 15) is 0 Å². The summed E-state index contributed by atoms with van der Waals surface area (Å²) in [4.78, 5) is 4.28. The fourth-order valence-electron chi connectivity index (χ4n) is 0.998. The van der Waals surface area contributed by atoms with Crippen molar-refractivity contribution in [3.8, 4) is 0 Å².